The van der Waals surface area contributed by atoms with Crippen LogP contribution in [0, 0.1) is 0 Å². The summed E-state index contributed by atoms with van der Waals surface area (Å²) in [6, 6.07) is 0. The minimum Gasteiger partial charge on any atom is -0.457 e. The van der Waals surface area contributed by atoms with E-state index in [9.17, 15) is 14.3 Å². The Labute approximate surface area is 405 Å². The molecule has 3 N–H and O–H groups in total. The first-order chi connectivity index (χ1) is 32.4. The van der Waals surface area contributed by atoms with Gasteiger partial charge in [-0.3, -0.25) is 13.8 Å². The summed E-state index contributed by atoms with van der Waals surface area (Å²) in [6.07, 6.45) is 73.7. The largest absolute Gasteiger partial charge is 0.472 e. The Morgan fingerprint density at radius 1 is 0.455 bits per heavy atom. The molecule has 9 heteroatoms. The predicted octanol–water partition coefficient (Wildman–Crippen LogP) is 16.5. The van der Waals surface area contributed by atoms with Gasteiger partial charge in [0.15, 0.2) is 0 Å². The van der Waals surface area contributed by atoms with E-state index in [4.69, 9.17) is 24.3 Å². The van der Waals surface area contributed by atoms with Crippen molar-refractivity contribution in [2.75, 3.05) is 33.0 Å². The van der Waals surface area contributed by atoms with Gasteiger partial charge in [0.1, 0.15) is 6.10 Å². The van der Waals surface area contributed by atoms with Crippen LogP contribution in [0.5, 0.6) is 0 Å². The summed E-state index contributed by atoms with van der Waals surface area (Å²) < 4.78 is 33.6. The Hall–Kier alpha value is -3.10. The molecule has 0 aromatic rings. The summed E-state index contributed by atoms with van der Waals surface area (Å²) >= 11 is 0. The van der Waals surface area contributed by atoms with E-state index in [1.54, 1.807) is 0 Å². The first-order valence-electron chi connectivity index (χ1n) is 26.0. The second kappa shape index (κ2) is 52.9. The maximum absolute atomic E-state index is 12.7. The summed E-state index contributed by atoms with van der Waals surface area (Å²) in [5.41, 5.74) is 5.39. The van der Waals surface area contributed by atoms with E-state index in [2.05, 4.69) is 135 Å². The van der Waals surface area contributed by atoms with Crippen LogP contribution in [-0.2, 0) is 27.9 Å². The zero-order chi connectivity index (χ0) is 48.0. The second-order valence-corrected chi connectivity index (χ2v) is 18.1. The van der Waals surface area contributed by atoms with E-state index in [-0.39, 0.29) is 32.3 Å². The average molecular weight is 938 g/mol. The topological polar surface area (TPSA) is 117 Å². The number of phosphoric acid groups is 1. The molecule has 2 unspecified atom stereocenters. The SMILES string of the molecule is CC/C=C\C/C=C\C/C=C\C/C=C\C/C=C\CCCCCCCCCCCC(=O)OC(COCCCCCCCC/C=C\C/C=C\C/C=C\C/C=C\C/C=C\CC)COP(=O)(O)OCCN. The van der Waals surface area contributed by atoms with Gasteiger partial charge in [-0.15, -0.1) is 0 Å². The summed E-state index contributed by atoms with van der Waals surface area (Å²) in [6.45, 7) is 4.63. The standard InChI is InChI=1S/C57H96NO7P/c1-3-5-7-9-11-13-15-17-19-21-23-25-27-28-29-30-32-34-36-38-40-42-44-46-48-50-57(59)65-56(55-64-66(60,61)63-53-51-58)54-62-52-49-47-45-43-41-39-37-35-33-31-26-24-22-20-18-16-14-12-10-8-6-4-2/h5-8,11-14,17-20,23-26,28-29,33,35,56H,3-4,9-10,15-16,21-22,27,30-32,34,36-55,58H2,1-2H3,(H,60,61)/b7-5-,8-6-,13-11-,14-12-,19-17-,20-18-,25-23-,26-24-,29-28-,35-33-. The van der Waals surface area contributed by atoms with Crippen molar-refractivity contribution < 1.29 is 32.8 Å². The lowest BCUT2D eigenvalue weighted by Crippen LogP contribution is -2.28. The van der Waals surface area contributed by atoms with E-state index >= 15 is 0 Å². The van der Waals surface area contributed by atoms with Gasteiger partial charge in [0, 0.05) is 19.6 Å². The molecule has 0 aromatic carbocycles. The summed E-state index contributed by atoms with van der Waals surface area (Å²) in [5, 5.41) is 0. The Morgan fingerprint density at radius 3 is 1.20 bits per heavy atom. The Balaban J connectivity index is 4.03. The van der Waals surface area contributed by atoms with Crippen molar-refractivity contribution in [3.05, 3.63) is 122 Å². The monoisotopic (exact) mass is 938 g/mol. The van der Waals surface area contributed by atoms with Crippen molar-refractivity contribution in [1.82, 2.24) is 0 Å². The molecule has 0 bridgehead atoms. The molecule has 0 heterocycles. The third kappa shape index (κ3) is 51.9. The summed E-state index contributed by atoms with van der Waals surface area (Å²) in [4.78, 5) is 22.6. The van der Waals surface area contributed by atoms with E-state index < -0.39 is 13.9 Å². The lowest BCUT2D eigenvalue weighted by atomic mass is 10.1. The van der Waals surface area contributed by atoms with Crippen molar-refractivity contribution in [1.29, 1.82) is 0 Å². The third-order valence-electron chi connectivity index (χ3n) is 10.4. The lowest BCUT2D eigenvalue weighted by molar-refractivity contribution is -0.154. The molecule has 66 heavy (non-hydrogen) atoms. The smallest absolute Gasteiger partial charge is 0.457 e. The van der Waals surface area contributed by atoms with Gasteiger partial charge in [-0.25, -0.2) is 4.57 Å². The van der Waals surface area contributed by atoms with Crippen molar-refractivity contribution in [2.45, 2.75) is 200 Å². The van der Waals surface area contributed by atoms with Gasteiger partial charge in [0.25, 0.3) is 0 Å². The number of esters is 1. The number of allylic oxidation sites excluding steroid dienone is 20. The average Bonchev–Trinajstić information content (AvgIpc) is 3.31. The van der Waals surface area contributed by atoms with Gasteiger partial charge in [0.05, 0.1) is 19.8 Å². The van der Waals surface area contributed by atoms with Gasteiger partial charge in [-0.2, -0.15) is 0 Å². The Morgan fingerprint density at radius 2 is 0.803 bits per heavy atom. The zero-order valence-corrected chi connectivity index (χ0v) is 42.8. The normalized spacial score (nSPS) is 14.3. The van der Waals surface area contributed by atoms with Crippen LogP contribution in [-0.4, -0.2) is 49.9 Å². The van der Waals surface area contributed by atoms with E-state index in [0.717, 1.165) is 116 Å². The van der Waals surface area contributed by atoms with Crippen LogP contribution in [0.15, 0.2) is 122 Å². The predicted molar refractivity (Wildman–Crippen MR) is 284 cm³/mol. The van der Waals surface area contributed by atoms with Crippen LogP contribution in [0.2, 0.25) is 0 Å². The Kier molecular flexibility index (Phi) is 50.4. The van der Waals surface area contributed by atoms with Crippen LogP contribution in [0.3, 0.4) is 0 Å². The van der Waals surface area contributed by atoms with Crippen LogP contribution < -0.4 is 5.73 Å². The number of carbonyl (C=O) groups excluding carboxylic acids is 1. The zero-order valence-electron chi connectivity index (χ0n) is 41.9. The maximum atomic E-state index is 12.7. The first-order valence-corrected chi connectivity index (χ1v) is 27.5. The third-order valence-corrected chi connectivity index (χ3v) is 11.4. The van der Waals surface area contributed by atoms with E-state index in [1.807, 2.05) is 0 Å². The van der Waals surface area contributed by atoms with Crippen molar-refractivity contribution in [2.24, 2.45) is 5.73 Å². The van der Waals surface area contributed by atoms with Gasteiger partial charge in [0.2, 0.25) is 0 Å². The highest BCUT2D eigenvalue weighted by Gasteiger charge is 2.25. The number of phosphoric ester groups is 1. The van der Waals surface area contributed by atoms with Gasteiger partial charge in [-0.1, -0.05) is 206 Å². The number of hydrogen-bond donors (Lipinski definition) is 2. The number of unbranched alkanes of at least 4 members (excludes halogenated alkanes) is 15. The molecular weight excluding hydrogens is 842 g/mol. The molecule has 376 valence electrons. The van der Waals surface area contributed by atoms with Gasteiger partial charge in [-0.05, 0) is 103 Å². The molecule has 0 amide bonds. The molecule has 2 atom stereocenters. The highest BCUT2D eigenvalue weighted by Crippen LogP contribution is 2.43. The van der Waals surface area contributed by atoms with Gasteiger partial charge >= 0.3 is 13.8 Å². The molecule has 0 rings (SSSR count). The van der Waals surface area contributed by atoms with Crippen molar-refractivity contribution >= 4 is 13.8 Å². The first kappa shape index (κ1) is 62.9. The molecule has 0 aliphatic rings. The second-order valence-electron chi connectivity index (χ2n) is 16.6. The molecule has 0 aliphatic heterocycles. The number of ether oxygens (including phenoxy) is 2. The molecule has 0 saturated heterocycles. The van der Waals surface area contributed by atoms with Crippen LogP contribution in [0.25, 0.3) is 0 Å². The van der Waals surface area contributed by atoms with E-state index in [1.165, 1.54) is 57.8 Å². The Bertz CT molecular complexity index is 1420. The summed E-state index contributed by atoms with van der Waals surface area (Å²) in [5.74, 6) is -0.347. The number of carbonyl (C=O) groups is 1. The lowest BCUT2D eigenvalue weighted by Gasteiger charge is -2.20. The highest BCUT2D eigenvalue weighted by molar-refractivity contribution is 7.47. The maximum Gasteiger partial charge on any atom is 0.472 e. The van der Waals surface area contributed by atoms with Crippen LogP contribution in [0.4, 0.5) is 0 Å². The van der Waals surface area contributed by atoms with Crippen LogP contribution in [0.1, 0.15) is 194 Å². The van der Waals surface area contributed by atoms with Crippen LogP contribution >= 0.6 is 7.82 Å². The fourth-order valence-electron chi connectivity index (χ4n) is 6.64. The number of nitrogens with two attached hydrogens (primary N) is 1. The quantitative estimate of drug-likeness (QED) is 0.0268. The van der Waals surface area contributed by atoms with Gasteiger partial charge < -0.3 is 20.1 Å². The van der Waals surface area contributed by atoms with Crippen molar-refractivity contribution in [3.63, 3.8) is 0 Å². The summed E-state index contributed by atoms with van der Waals surface area (Å²) in [7, 11) is -4.30. The molecular formula is C57H96NO7P. The molecule has 0 radical (unpaired) electrons. The fourth-order valence-corrected chi connectivity index (χ4v) is 7.40. The molecule has 8 nitrogen and oxygen atoms in total. The van der Waals surface area contributed by atoms with E-state index in [0.29, 0.717) is 13.0 Å². The van der Waals surface area contributed by atoms with Crippen molar-refractivity contribution in [3.8, 4) is 0 Å². The minimum atomic E-state index is -4.30. The molecule has 0 saturated carbocycles. The minimum absolute atomic E-state index is 0.0894. The fraction of sp³-hybridized carbons (Fsp3) is 0.632. The molecule has 0 spiro atoms. The molecule has 0 aromatic heterocycles. The number of rotatable bonds is 48. The number of hydrogen-bond acceptors (Lipinski definition) is 7. The molecule has 0 aliphatic carbocycles. The highest BCUT2D eigenvalue weighted by atomic mass is 31.2. The molecule has 0 fully saturated rings.